The Balaban J connectivity index is 2.15. The van der Waals surface area contributed by atoms with Gasteiger partial charge < -0.3 is 10.4 Å². The van der Waals surface area contributed by atoms with Crippen molar-refractivity contribution in [3.05, 3.63) is 60.2 Å². The first-order valence-electron chi connectivity index (χ1n) is 7.33. The zero-order valence-electron chi connectivity index (χ0n) is 12.3. The highest BCUT2D eigenvalue weighted by Gasteiger charge is 2.13. The molecule has 0 aliphatic carbocycles. The van der Waals surface area contributed by atoms with Crippen LogP contribution in [0.5, 0.6) is 0 Å². The number of hydrogen-bond donors (Lipinski definition) is 2. The minimum absolute atomic E-state index is 0.149. The normalized spacial score (nSPS) is 11.9. The molecule has 3 heteroatoms. The molecule has 0 aliphatic heterocycles. The fourth-order valence-corrected chi connectivity index (χ4v) is 2.29. The van der Waals surface area contributed by atoms with E-state index in [1.807, 2.05) is 61.5 Å². The molecular formula is C18H21NO2. The minimum atomic E-state index is -0.483. The van der Waals surface area contributed by atoms with Gasteiger partial charge in [0.1, 0.15) is 0 Å². The SMILES string of the molecule is CCCC(O)CNC(=O)c1ccccc1-c1ccccc1. The van der Waals surface area contributed by atoms with Gasteiger partial charge in [0.05, 0.1) is 6.10 Å². The quantitative estimate of drug-likeness (QED) is 0.855. The summed E-state index contributed by atoms with van der Waals surface area (Å²) >= 11 is 0. The van der Waals surface area contributed by atoms with E-state index in [4.69, 9.17) is 0 Å². The van der Waals surface area contributed by atoms with Crippen LogP contribution in [0.15, 0.2) is 54.6 Å². The van der Waals surface area contributed by atoms with Gasteiger partial charge in [-0.25, -0.2) is 0 Å². The standard InChI is InChI=1S/C18H21NO2/c1-2-8-15(20)13-19-18(21)17-12-7-6-11-16(17)14-9-4-3-5-10-14/h3-7,9-12,15,20H,2,8,13H2,1H3,(H,19,21). The summed E-state index contributed by atoms with van der Waals surface area (Å²) in [6, 6.07) is 17.3. The van der Waals surface area contributed by atoms with E-state index < -0.39 is 6.10 Å². The van der Waals surface area contributed by atoms with Crippen LogP contribution in [0.1, 0.15) is 30.1 Å². The first-order chi connectivity index (χ1) is 10.2. The van der Waals surface area contributed by atoms with Crippen LogP contribution in [0.2, 0.25) is 0 Å². The lowest BCUT2D eigenvalue weighted by atomic mass is 9.99. The number of rotatable bonds is 6. The number of carbonyl (C=O) groups is 1. The van der Waals surface area contributed by atoms with Crippen LogP contribution in [-0.2, 0) is 0 Å². The summed E-state index contributed by atoms with van der Waals surface area (Å²) in [4.78, 5) is 12.3. The van der Waals surface area contributed by atoms with Gasteiger partial charge in [0, 0.05) is 12.1 Å². The topological polar surface area (TPSA) is 49.3 Å². The maximum Gasteiger partial charge on any atom is 0.252 e. The summed E-state index contributed by atoms with van der Waals surface area (Å²) in [5, 5.41) is 12.5. The molecule has 0 fully saturated rings. The highest BCUT2D eigenvalue weighted by atomic mass is 16.3. The molecule has 2 rings (SSSR count). The van der Waals surface area contributed by atoms with Crippen molar-refractivity contribution >= 4 is 5.91 Å². The van der Waals surface area contributed by atoms with E-state index in [2.05, 4.69) is 5.32 Å². The molecule has 1 amide bonds. The van der Waals surface area contributed by atoms with Crippen molar-refractivity contribution in [3.8, 4) is 11.1 Å². The predicted octanol–water partition coefficient (Wildman–Crippen LogP) is 3.24. The molecule has 0 heterocycles. The molecule has 0 bridgehead atoms. The van der Waals surface area contributed by atoms with Crippen LogP contribution < -0.4 is 5.32 Å². The minimum Gasteiger partial charge on any atom is -0.391 e. The highest BCUT2D eigenvalue weighted by Crippen LogP contribution is 2.23. The van der Waals surface area contributed by atoms with Crippen LogP contribution in [0.4, 0.5) is 0 Å². The Morgan fingerprint density at radius 3 is 2.48 bits per heavy atom. The number of aliphatic hydroxyl groups is 1. The summed E-state index contributed by atoms with van der Waals surface area (Å²) in [5.74, 6) is -0.149. The van der Waals surface area contributed by atoms with Crippen molar-refractivity contribution in [1.29, 1.82) is 0 Å². The average Bonchev–Trinajstić information content (AvgIpc) is 2.54. The van der Waals surface area contributed by atoms with Crippen LogP contribution in [-0.4, -0.2) is 23.7 Å². The molecule has 2 aromatic carbocycles. The van der Waals surface area contributed by atoms with Crippen molar-refractivity contribution in [3.63, 3.8) is 0 Å². The summed E-state index contributed by atoms with van der Waals surface area (Å²) in [7, 11) is 0. The summed E-state index contributed by atoms with van der Waals surface area (Å²) in [6.07, 6.45) is 1.11. The molecule has 1 atom stereocenters. The van der Waals surface area contributed by atoms with Crippen LogP contribution >= 0.6 is 0 Å². The van der Waals surface area contributed by atoms with Crippen molar-refractivity contribution in [1.82, 2.24) is 5.32 Å². The molecule has 0 saturated heterocycles. The van der Waals surface area contributed by atoms with Gasteiger partial charge >= 0.3 is 0 Å². The van der Waals surface area contributed by atoms with E-state index >= 15 is 0 Å². The number of nitrogens with one attached hydrogen (secondary N) is 1. The predicted molar refractivity (Wildman–Crippen MR) is 85.1 cm³/mol. The number of benzene rings is 2. The van der Waals surface area contributed by atoms with Gasteiger partial charge in [-0.3, -0.25) is 4.79 Å². The van der Waals surface area contributed by atoms with Crippen LogP contribution in [0.25, 0.3) is 11.1 Å². The molecule has 0 spiro atoms. The Hall–Kier alpha value is -2.13. The monoisotopic (exact) mass is 283 g/mol. The second kappa shape index (κ2) is 7.60. The van der Waals surface area contributed by atoms with Gasteiger partial charge in [-0.2, -0.15) is 0 Å². The Bertz CT molecular complexity index is 581. The van der Waals surface area contributed by atoms with Crippen molar-refractivity contribution < 1.29 is 9.90 Å². The summed E-state index contributed by atoms with van der Waals surface area (Å²) < 4.78 is 0. The zero-order valence-corrected chi connectivity index (χ0v) is 12.3. The lowest BCUT2D eigenvalue weighted by molar-refractivity contribution is 0.0911. The Kier molecular flexibility index (Phi) is 5.52. The Morgan fingerprint density at radius 1 is 1.10 bits per heavy atom. The molecule has 2 aromatic rings. The fourth-order valence-electron chi connectivity index (χ4n) is 2.29. The molecule has 110 valence electrons. The number of aliphatic hydroxyl groups excluding tert-OH is 1. The molecule has 0 aromatic heterocycles. The van der Waals surface area contributed by atoms with Gasteiger partial charge in [-0.15, -0.1) is 0 Å². The second-order valence-electron chi connectivity index (χ2n) is 5.06. The third-order valence-corrected chi connectivity index (χ3v) is 3.38. The van der Waals surface area contributed by atoms with E-state index in [1.54, 1.807) is 0 Å². The van der Waals surface area contributed by atoms with Crippen molar-refractivity contribution in [2.24, 2.45) is 0 Å². The molecule has 2 N–H and O–H groups in total. The zero-order chi connectivity index (χ0) is 15.1. The van der Waals surface area contributed by atoms with Crippen LogP contribution in [0.3, 0.4) is 0 Å². The Morgan fingerprint density at radius 2 is 1.76 bits per heavy atom. The lowest BCUT2D eigenvalue weighted by Gasteiger charge is -2.13. The lowest BCUT2D eigenvalue weighted by Crippen LogP contribution is -2.32. The molecule has 0 saturated carbocycles. The molecule has 0 aliphatic rings. The van der Waals surface area contributed by atoms with Gasteiger partial charge in [-0.1, -0.05) is 61.9 Å². The summed E-state index contributed by atoms with van der Waals surface area (Å²) in [6.45, 7) is 2.30. The van der Waals surface area contributed by atoms with E-state index in [0.717, 1.165) is 17.5 Å². The third kappa shape index (κ3) is 4.17. The molecule has 1 unspecified atom stereocenters. The number of hydrogen-bond acceptors (Lipinski definition) is 2. The van der Waals surface area contributed by atoms with E-state index in [-0.39, 0.29) is 12.5 Å². The van der Waals surface area contributed by atoms with E-state index in [1.165, 1.54) is 0 Å². The van der Waals surface area contributed by atoms with Gasteiger partial charge in [-0.05, 0) is 23.6 Å². The number of carbonyl (C=O) groups excluding carboxylic acids is 1. The largest absolute Gasteiger partial charge is 0.391 e. The van der Waals surface area contributed by atoms with E-state index in [0.29, 0.717) is 12.0 Å². The second-order valence-corrected chi connectivity index (χ2v) is 5.06. The van der Waals surface area contributed by atoms with Crippen molar-refractivity contribution in [2.45, 2.75) is 25.9 Å². The summed E-state index contributed by atoms with van der Waals surface area (Å²) in [5.41, 5.74) is 2.55. The van der Waals surface area contributed by atoms with Gasteiger partial charge in [0.15, 0.2) is 0 Å². The maximum atomic E-state index is 12.3. The fraction of sp³-hybridized carbons (Fsp3) is 0.278. The average molecular weight is 283 g/mol. The highest BCUT2D eigenvalue weighted by molar-refractivity contribution is 6.00. The molecule has 21 heavy (non-hydrogen) atoms. The first kappa shape index (κ1) is 15.3. The first-order valence-corrected chi connectivity index (χ1v) is 7.33. The molecular weight excluding hydrogens is 262 g/mol. The number of amides is 1. The molecule has 3 nitrogen and oxygen atoms in total. The molecule has 0 radical (unpaired) electrons. The smallest absolute Gasteiger partial charge is 0.252 e. The van der Waals surface area contributed by atoms with E-state index in [9.17, 15) is 9.90 Å². The Labute approximate surface area is 125 Å². The van der Waals surface area contributed by atoms with Gasteiger partial charge in [0.2, 0.25) is 0 Å². The third-order valence-electron chi connectivity index (χ3n) is 3.38. The maximum absolute atomic E-state index is 12.3. The van der Waals surface area contributed by atoms with Crippen molar-refractivity contribution in [2.75, 3.05) is 6.54 Å². The van der Waals surface area contributed by atoms with Gasteiger partial charge in [0.25, 0.3) is 5.91 Å². The van der Waals surface area contributed by atoms with Crippen LogP contribution in [0, 0.1) is 0 Å².